The van der Waals surface area contributed by atoms with Crippen LogP contribution in [0.1, 0.15) is 37.2 Å². The molecule has 0 aliphatic heterocycles. The molecular formula is C12H20N4O. The molecule has 0 radical (unpaired) electrons. The van der Waals surface area contributed by atoms with Crippen molar-refractivity contribution in [2.45, 2.75) is 38.8 Å². The third kappa shape index (κ3) is 2.85. The highest BCUT2D eigenvalue weighted by atomic mass is 16.2. The molecule has 0 bridgehead atoms. The van der Waals surface area contributed by atoms with Crippen molar-refractivity contribution in [3.63, 3.8) is 0 Å². The fourth-order valence-corrected chi connectivity index (χ4v) is 2.01. The van der Waals surface area contributed by atoms with Crippen molar-refractivity contribution in [1.82, 2.24) is 14.9 Å². The lowest BCUT2D eigenvalue weighted by Gasteiger charge is -2.25. The molecule has 1 aliphatic carbocycles. The van der Waals surface area contributed by atoms with Gasteiger partial charge < -0.3 is 15.6 Å². The number of imidazole rings is 1. The van der Waals surface area contributed by atoms with E-state index in [1.165, 1.54) is 12.8 Å². The average molecular weight is 236 g/mol. The Bertz CT molecular complexity index is 406. The molecular weight excluding hydrogens is 216 g/mol. The maximum absolute atomic E-state index is 12.0. The summed E-state index contributed by atoms with van der Waals surface area (Å²) in [4.78, 5) is 16.1. The van der Waals surface area contributed by atoms with Crippen molar-refractivity contribution in [2.75, 3.05) is 6.54 Å². The van der Waals surface area contributed by atoms with Crippen LogP contribution in [0.15, 0.2) is 12.5 Å². The molecule has 1 fully saturated rings. The molecule has 1 aromatic rings. The smallest absolute Gasteiger partial charge is 0.271 e. The van der Waals surface area contributed by atoms with Gasteiger partial charge >= 0.3 is 0 Å². The fraction of sp³-hybridized carbons (Fsp3) is 0.667. The van der Waals surface area contributed by atoms with Crippen molar-refractivity contribution in [2.24, 2.45) is 11.7 Å². The number of nitrogens with zero attached hydrogens (tertiary/aromatic N) is 2. The van der Waals surface area contributed by atoms with Crippen molar-refractivity contribution in [3.05, 3.63) is 18.2 Å². The maximum atomic E-state index is 12.0. The number of rotatable bonds is 5. The third-order valence-electron chi connectivity index (χ3n) is 3.29. The molecule has 1 aromatic heterocycles. The quantitative estimate of drug-likeness (QED) is 0.792. The van der Waals surface area contributed by atoms with Crippen LogP contribution in [0.4, 0.5) is 0 Å². The molecule has 1 aliphatic rings. The largest absolute Gasteiger partial charge is 0.345 e. The van der Waals surface area contributed by atoms with Crippen molar-refractivity contribution < 1.29 is 4.79 Å². The van der Waals surface area contributed by atoms with Crippen LogP contribution in [0.3, 0.4) is 0 Å². The van der Waals surface area contributed by atoms with E-state index in [4.69, 9.17) is 5.73 Å². The molecule has 0 spiro atoms. The summed E-state index contributed by atoms with van der Waals surface area (Å²) in [7, 11) is 0. The highest BCUT2D eigenvalue weighted by molar-refractivity contribution is 5.92. The van der Waals surface area contributed by atoms with Crippen molar-refractivity contribution >= 4 is 5.91 Å². The van der Waals surface area contributed by atoms with Gasteiger partial charge in [-0.15, -0.1) is 0 Å². The Hall–Kier alpha value is -1.36. The highest BCUT2D eigenvalue weighted by Gasteiger charge is 2.39. The number of carbonyl (C=O) groups excluding carboxylic acids is 1. The van der Waals surface area contributed by atoms with Crippen LogP contribution in [0.5, 0.6) is 0 Å². The Morgan fingerprint density at radius 3 is 2.94 bits per heavy atom. The standard InChI is InChI=1S/C12H20N4O/c1-12(2,9-3-4-9)15-11(17)10-7-16(6-5-13)8-14-10/h7-9H,3-6,13H2,1-2H3,(H,15,17). The number of nitrogens with two attached hydrogens (primary N) is 1. The summed E-state index contributed by atoms with van der Waals surface area (Å²) >= 11 is 0. The van der Waals surface area contributed by atoms with Gasteiger partial charge in [0.05, 0.1) is 6.33 Å². The van der Waals surface area contributed by atoms with Gasteiger partial charge in [0.15, 0.2) is 0 Å². The van der Waals surface area contributed by atoms with Crippen molar-refractivity contribution in [1.29, 1.82) is 0 Å². The minimum Gasteiger partial charge on any atom is -0.345 e. The molecule has 2 rings (SSSR count). The van der Waals surface area contributed by atoms with E-state index in [0.717, 1.165) is 0 Å². The maximum Gasteiger partial charge on any atom is 0.271 e. The lowest BCUT2D eigenvalue weighted by Crippen LogP contribution is -2.45. The normalized spacial score (nSPS) is 15.9. The predicted molar refractivity (Wildman–Crippen MR) is 65.6 cm³/mol. The molecule has 1 heterocycles. The molecule has 0 aromatic carbocycles. The van der Waals surface area contributed by atoms with E-state index in [1.54, 1.807) is 12.5 Å². The second-order valence-electron chi connectivity index (χ2n) is 5.24. The minimum absolute atomic E-state index is 0.0994. The van der Waals surface area contributed by atoms with Crippen LogP contribution < -0.4 is 11.1 Å². The van der Waals surface area contributed by atoms with E-state index in [0.29, 0.717) is 24.7 Å². The molecule has 0 unspecified atom stereocenters. The minimum atomic E-state index is -0.130. The molecule has 0 saturated heterocycles. The second kappa shape index (κ2) is 4.49. The first kappa shape index (κ1) is 12.1. The number of aromatic nitrogens is 2. The summed E-state index contributed by atoms with van der Waals surface area (Å²) in [6, 6.07) is 0. The van der Waals surface area contributed by atoms with Gasteiger partial charge in [0, 0.05) is 24.8 Å². The van der Waals surface area contributed by atoms with E-state index >= 15 is 0 Å². The molecule has 1 saturated carbocycles. The van der Waals surface area contributed by atoms with E-state index in [1.807, 2.05) is 4.57 Å². The Kier molecular flexibility index (Phi) is 3.19. The SMILES string of the molecule is CC(C)(NC(=O)c1cn(CCN)cn1)C1CC1. The number of amides is 1. The van der Waals surface area contributed by atoms with E-state index in [2.05, 4.69) is 24.1 Å². The lowest BCUT2D eigenvalue weighted by atomic mass is 9.99. The topological polar surface area (TPSA) is 72.9 Å². The second-order valence-corrected chi connectivity index (χ2v) is 5.24. The molecule has 0 atom stereocenters. The third-order valence-corrected chi connectivity index (χ3v) is 3.29. The number of nitrogens with one attached hydrogen (secondary N) is 1. The van der Waals surface area contributed by atoms with E-state index < -0.39 is 0 Å². The first-order valence-electron chi connectivity index (χ1n) is 6.07. The summed E-state index contributed by atoms with van der Waals surface area (Å²) in [6.07, 6.45) is 5.79. The Morgan fingerprint density at radius 1 is 1.65 bits per heavy atom. The first-order valence-corrected chi connectivity index (χ1v) is 6.07. The Balaban J connectivity index is 1.98. The zero-order chi connectivity index (χ0) is 12.5. The zero-order valence-electron chi connectivity index (χ0n) is 10.4. The van der Waals surface area contributed by atoms with Crippen LogP contribution >= 0.6 is 0 Å². The average Bonchev–Trinajstić information content (AvgIpc) is 3.01. The van der Waals surface area contributed by atoms with Gasteiger partial charge in [-0.25, -0.2) is 4.98 Å². The van der Waals surface area contributed by atoms with Gasteiger partial charge in [0.1, 0.15) is 5.69 Å². The monoisotopic (exact) mass is 236 g/mol. The van der Waals surface area contributed by atoms with E-state index in [-0.39, 0.29) is 11.4 Å². The van der Waals surface area contributed by atoms with Crippen LogP contribution in [-0.2, 0) is 6.54 Å². The van der Waals surface area contributed by atoms with Crippen LogP contribution in [0, 0.1) is 5.92 Å². The lowest BCUT2D eigenvalue weighted by molar-refractivity contribution is 0.0898. The van der Waals surface area contributed by atoms with Crippen LogP contribution in [-0.4, -0.2) is 27.5 Å². The molecule has 94 valence electrons. The molecule has 5 nitrogen and oxygen atoms in total. The van der Waals surface area contributed by atoms with E-state index in [9.17, 15) is 4.79 Å². The van der Waals surface area contributed by atoms with Crippen molar-refractivity contribution in [3.8, 4) is 0 Å². The predicted octanol–water partition coefficient (Wildman–Crippen LogP) is 0.760. The van der Waals surface area contributed by atoms with Gasteiger partial charge in [-0.3, -0.25) is 4.79 Å². The van der Waals surface area contributed by atoms with Gasteiger partial charge in [0.25, 0.3) is 5.91 Å². The molecule has 5 heteroatoms. The Morgan fingerprint density at radius 2 is 2.35 bits per heavy atom. The molecule has 3 N–H and O–H groups in total. The molecule has 1 amide bonds. The van der Waals surface area contributed by atoms with Crippen LogP contribution in [0.25, 0.3) is 0 Å². The first-order chi connectivity index (χ1) is 8.03. The number of carbonyl (C=O) groups is 1. The summed E-state index contributed by atoms with van der Waals surface area (Å²) in [6.45, 7) is 5.37. The highest BCUT2D eigenvalue weighted by Crippen LogP contribution is 2.39. The van der Waals surface area contributed by atoms with Gasteiger partial charge in [-0.1, -0.05) is 0 Å². The van der Waals surface area contributed by atoms with Gasteiger partial charge in [-0.2, -0.15) is 0 Å². The Labute approximate surface area is 101 Å². The zero-order valence-corrected chi connectivity index (χ0v) is 10.4. The summed E-state index contributed by atoms with van der Waals surface area (Å²) in [5, 5.41) is 3.04. The van der Waals surface area contributed by atoms with Crippen LogP contribution in [0.2, 0.25) is 0 Å². The molecule has 17 heavy (non-hydrogen) atoms. The number of hydrogen-bond acceptors (Lipinski definition) is 3. The summed E-state index contributed by atoms with van der Waals surface area (Å²) < 4.78 is 1.83. The van der Waals surface area contributed by atoms with Gasteiger partial charge in [-0.05, 0) is 32.6 Å². The summed E-state index contributed by atoms with van der Waals surface area (Å²) in [5.41, 5.74) is 5.78. The summed E-state index contributed by atoms with van der Waals surface area (Å²) in [5.74, 6) is 0.509. The van der Waals surface area contributed by atoms with Gasteiger partial charge in [0.2, 0.25) is 0 Å². The number of hydrogen-bond donors (Lipinski definition) is 2. The fourth-order valence-electron chi connectivity index (χ4n) is 2.01.